The lowest BCUT2D eigenvalue weighted by Crippen LogP contribution is -2.13. The third kappa shape index (κ3) is 6.66. The van der Waals surface area contributed by atoms with Gasteiger partial charge in [-0.15, -0.1) is 11.8 Å². The van der Waals surface area contributed by atoms with Crippen LogP contribution in [0.2, 0.25) is 0 Å². The van der Waals surface area contributed by atoms with E-state index in [2.05, 4.69) is 42.6 Å². The lowest BCUT2D eigenvalue weighted by atomic mass is 9.93. The van der Waals surface area contributed by atoms with Crippen molar-refractivity contribution in [2.45, 2.75) is 45.1 Å². The van der Waals surface area contributed by atoms with E-state index in [1.54, 1.807) is 0 Å². The quantitative estimate of drug-likeness (QED) is 0.570. The molecule has 0 aliphatic rings. The van der Waals surface area contributed by atoms with E-state index in [4.69, 9.17) is 5.26 Å². The average molecular weight is 276 g/mol. The fourth-order valence-corrected chi connectivity index (χ4v) is 2.77. The highest BCUT2D eigenvalue weighted by Crippen LogP contribution is 2.26. The van der Waals surface area contributed by atoms with E-state index in [1.807, 2.05) is 25.6 Å². The van der Waals surface area contributed by atoms with Crippen LogP contribution in [0.3, 0.4) is 0 Å². The molecule has 104 valence electrons. The number of benzene rings is 1. The maximum Gasteiger partial charge on any atom is 0.0684 e. The van der Waals surface area contributed by atoms with Gasteiger partial charge in [0.05, 0.1) is 11.5 Å². The molecule has 3 heteroatoms. The summed E-state index contributed by atoms with van der Waals surface area (Å²) in [5.74, 6) is 0.994. The monoisotopic (exact) mass is 276 g/mol. The van der Waals surface area contributed by atoms with Crippen LogP contribution in [0.25, 0.3) is 0 Å². The summed E-state index contributed by atoms with van der Waals surface area (Å²) in [5, 5.41) is 12.4. The van der Waals surface area contributed by atoms with Gasteiger partial charge in [0.1, 0.15) is 0 Å². The molecule has 0 saturated heterocycles. The molecule has 19 heavy (non-hydrogen) atoms. The third-order valence-electron chi connectivity index (χ3n) is 2.98. The van der Waals surface area contributed by atoms with Crippen molar-refractivity contribution in [1.29, 1.82) is 5.26 Å². The fourth-order valence-electron chi connectivity index (χ4n) is 1.59. The van der Waals surface area contributed by atoms with Gasteiger partial charge < -0.3 is 5.32 Å². The number of nitrogens with one attached hydrogen (secondary N) is 1. The van der Waals surface area contributed by atoms with Crippen LogP contribution >= 0.6 is 11.8 Å². The average Bonchev–Trinajstić information content (AvgIpc) is 2.41. The molecule has 0 spiro atoms. The summed E-state index contributed by atoms with van der Waals surface area (Å²) in [5.41, 5.74) is 1.12. The lowest BCUT2D eigenvalue weighted by Gasteiger charge is -2.14. The summed E-state index contributed by atoms with van der Waals surface area (Å²) < 4.78 is 0. The van der Waals surface area contributed by atoms with Gasteiger partial charge in [0.15, 0.2) is 0 Å². The first-order valence-electron chi connectivity index (χ1n) is 6.91. The van der Waals surface area contributed by atoms with E-state index in [9.17, 15) is 0 Å². The van der Waals surface area contributed by atoms with E-state index < -0.39 is 0 Å². The molecule has 1 aromatic rings. The van der Waals surface area contributed by atoms with Gasteiger partial charge in [-0.25, -0.2) is 0 Å². The first-order chi connectivity index (χ1) is 9.07. The zero-order valence-electron chi connectivity index (χ0n) is 12.2. The predicted molar refractivity (Wildman–Crippen MR) is 83.2 cm³/mol. The molecule has 1 aromatic carbocycles. The van der Waals surface area contributed by atoms with Crippen LogP contribution in [-0.2, 0) is 6.54 Å². The standard InChI is InChI=1S/C16H24N2S/c1-4-10-18-12-14-5-7-15(8-6-14)19-11-9-16(2,3)13-17/h5-8,18H,4,9-12H2,1-3H3. The number of hydrogen-bond donors (Lipinski definition) is 1. The van der Waals surface area contributed by atoms with Gasteiger partial charge in [0, 0.05) is 11.4 Å². The first-order valence-corrected chi connectivity index (χ1v) is 7.89. The van der Waals surface area contributed by atoms with Gasteiger partial charge in [0.2, 0.25) is 0 Å². The summed E-state index contributed by atoms with van der Waals surface area (Å²) >= 11 is 1.83. The minimum absolute atomic E-state index is 0.211. The predicted octanol–water partition coefficient (Wildman–Crippen LogP) is 4.22. The van der Waals surface area contributed by atoms with Crippen LogP contribution in [0.1, 0.15) is 39.2 Å². The molecule has 0 heterocycles. The third-order valence-corrected chi connectivity index (χ3v) is 3.99. The molecule has 0 radical (unpaired) electrons. The minimum Gasteiger partial charge on any atom is -0.313 e. The molecule has 0 bridgehead atoms. The largest absolute Gasteiger partial charge is 0.313 e. The second-order valence-corrected chi connectivity index (χ2v) is 6.58. The Morgan fingerprint density at radius 1 is 1.26 bits per heavy atom. The second kappa shape index (κ2) is 8.24. The molecule has 1 rings (SSSR count). The SMILES string of the molecule is CCCNCc1ccc(SCCC(C)(C)C#N)cc1. The second-order valence-electron chi connectivity index (χ2n) is 5.41. The molecular formula is C16H24N2S. The highest BCUT2D eigenvalue weighted by Gasteiger charge is 2.15. The topological polar surface area (TPSA) is 35.8 Å². The number of hydrogen-bond acceptors (Lipinski definition) is 3. The fraction of sp³-hybridized carbons (Fsp3) is 0.562. The van der Waals surface area contributed by atoms with E-state index in [0.717, 1.165) is 25.3 Å². The van der Waals surface area contributed by atoms with Gasteiger partial charge in [0.25, 0.3) is 0 Å². The molecule has 0 aliphatic carbocycles. The Morgan fingerprint density at radius 3 is 2.53 bits per heavy atom. The van der Waals surface area contributed by atoms with E-state index in [-0.39, 0.29) is 5.41 Å². The Balaban J connectivity index is 2.34. The molecular weight excluding hydrogens is 252 g/mol. The Hall–Kier alpha value is -0.980. The molecule has 0 unspecified atom stereocenters. The Bertz CT molecular complexity index is 404. The molecule has 0 aliphatic heterocycles. The van der Waals surface area contributed by atoms with Gasteiger partial charge in [-0.2, -0.15) is 5.26 Å². The van der Waals surface area contributed by atoms with Crippen molar-refractivity contribution in [3.05, 3.63) is 29.8 Å². The van der Waals surface area contributed by atoms with Crippen LogP contribution in [0.15, 0.2) is 29.2 Å². The van der Waals surface area contributed by atoms with Crippen molar-refractivity contribution >= 4 is 11.8 Å². The van der Waals surface area contributed by atoms with Gasteiger partial charge in [-0.3, -0.25) is 0 Å². The summed E-state index contributed by atoms with van der Waals surface area (Å²) in [4.78, 5) is 1.29. The zero-order chi connectivity index (χ0) is 14.1. The van der Waals surface area contributed by atoms with E-state index in [0.29, 0.717) is 0 Å². The molecule has 0 aromatic heterocycles. The zero-order valence-corrected chi connectivity index (χ0v) is 13.0. The van der Waals surface area contributed by atoms with Gasteiger partial charge >= 0.3 is 0 Å². The molecule has 1 N–H and O–H groups in total. The number of rotatable bonds is 8. The first kappa shape index (κ1) is 16.1. The molecule has 0 atom stereocenters. The van der Waals surface area contributed by atoms with Crippen molar-refractivity contribution < 1.29 is 0 Å². The maximum atomic E-state index is 8.96. The van der Waals surface area contributed by atoms with Crippen LogP contribution in [0, 0.1) is 16.7 Å². The van der Waals surface area contributed by atoms with E-state index in [1.165, 1.54) is 16.9 Å². The summed E-state index contributed by atoms with van der Waals surface area (Å²) in [6.07, 6.45) is 2.09. The Morgan fingerprint density at radius 2 is 1.95 bits per heavy atom. The van der Waals surface area contributed by atoms with Crippen molar-refractivity contribution in [2.75, 3.05) is 12.3 Å². The van der Waals surface area contributed by atoms with Crippen molar-refractivity contribution in [1.82, 2.24) is 5.32 Å². The summed E-state index contributed by atoms with van der Waals surface area (Å²) in [6, 6.07) is 11.1. The number of nitrogens with zero attached hydrogens (tertiary/aromatic N) is 1. The lowest BCUT2D eigenvalue weighted by molar-refractivity contribution is 0.482. The van der Waals surface area contributed by atoms with Crippen molar-refractivity contribution in [3.63, 3.8) is 0 Å². The number of thioether (sulfide) groups is 1. The van der Waals surface area contributed by atoms with Crippen LogP contribution in [0.5, 0.6) is 0 Å². The van der Waals surface area contributed by atoms with Crippen molar-refractivity contribution in [2.24, 2.45) is 5.41 Å². The highest BCUT2D eigenvalue weighted by atomic mass is 32.2. The Labute approximate surface area is 121 Å². The van der Waals surface area contributed by atoms with Gasteiger partial charge in [-0.1, -0.05) is 19.1 Å². The molecule has 0 saturated carbocycles. The minimum atomic E-state index is -0.211. The van der Waals surface area contributed by atoms with Crippen molar-refractivity contribution in [3.8, 4) is 6.07 Å². The van der Waals surface area contributed by atoms with Crippen LogP contribution in [0.4, 0.5) is 0 Å². The summed E-state index contributed by atoms with van der Waals surface area (Å²) in [7, 11) is 0. The molecule has 0 amide bonds. The van der Waals surface area contributed by atoms with Crippen LogP contribution < -0.4 is 5.32 Å². The Kier molecular flexibility index (Phi) is 6.97. The van der Waals surface area contributed by atoms with E-state index >= 15 is 0 Å². The van der Waals surface area contributed by atoms with Gasteiger partial charge in [-0.05, 0) is 56.7 Å². The van der Waals surface area contributed by atoms with Crippen LogP contribution in [-0.4, -0.2) is 12.3 Å². The molecule has 2 nitrogen and oxygen atoms in total. The number of nitriles is 1. The molecule has 0 fully saturated rings. The summed E-state index contributed by atoms with van der Waals surface area (Å²) in [6.45, 7) is 8.18. The normalized spacial score (nSPS) is 11.3. The smallest absolute Gasteiger partial charge is 0.0684 e. The highest BCUT2D eigenvalue weighted by molar-refractivity contribution is 7.99. The maximum absolute atomic E-state index is 8.96.